The van der Waals surface area contributed by atoms with E-state index in [9.17, 15) is 25.2 Å². The summed E-state index contributed by atoms with van der Waals surface area (Å²) in [5.74, 6) is -3.18. The van der Waals surface area contributed by atoms with Crippen molar-refractivity contribution in [1.82, 2.24) is 0 Å². The van der Waals surface area contributed by atoms with Gasteiger partial charge in [-0.2, -0.15) is 0 Å². The zero-order chi connectivity index (χ0) is 15.5. The predicted molar refractivity (Wildman–Crippen MR) is 74.3 cm³/mol. The third-order valence-electron chi connectivity index (χ3n) is 3.47. The molecule has 1 fully saturated rings. The minimum absolute atomic E-state index is 0.202. The molecule has 1 aliphatic carbocycles. The Morgan fingerprint density at radius 1 is 1.29 bits per heavy atom. The maximum Gasteiger partial charge on any atom is 0.333 e. The third kappa shape index (κ3) is 3.74. The second kappa shape index (κ2) is 6.15. The van der Waals surface area contributed by atoms with Gasteiger partial charge in [0.2, 0.25) is 5.79 Å². The van der Waals surface area contributed by atoms with Gasteiger partial charge < -0.3 is 25.2 Å². The fourth-order valence-electron chi connectivity index (χ4n) is 2.24. The fourth-order valence-corrected chi connectivity index (χ4v) is 2.24. The molecule has 0 amide bonds. The summed E-state index contributed by atoms with van der Waals surface area (Å²) in [6.45, 7) is 0. The zero-order valence-electron chi connectivity index (χ0n) is 11.4. The highest BCUT2D eigenvalue weighted by Crippen LogP contribution is 2.30. The van der Waals surface area contributed by atoms with Crippen LogP contribution >= 0.6 is 0 Å². The molecule has 0 heterocycles. The maximum atomic E-state index is 11.7. The lowest BCUT2D eigenvalue weighted by molar-refractivity contribution is -0.255. The molecule has 2 rings (SSSR count). The first-order valence-corrected chi connectivity index (χ1v) is 6.74. The number of benzene rings is 1. The molecular formula is C15H18O6. The van der Waals surface area contributed by atoms with Crippen LogP contribution in [0.15, 0.2) is 24.3 Å². The molecule has 0 unspecified atom stereocenters. The molecule has 2 atom stereocenters. The van der Waals surface area contributed by atoms with Crippen molar-refractivity contribution in [2.45, 2.75) is 37.6 Å². The van der Waals surface area contributed by atoms with Crippen LogP contribution in [0.25, 0.3) is 6.08 Å². The largest absolute Gasteiger partial charge is 0.504 e. The van der Waals surface area contributed by atoms with Crippen LogP contribution in [-0.2, 0) is 9.53 Å². The molecule has 0 aliphatic heterocycles. The summed E-state index contributed by atoms with van der Waals surface area (Å²) in [4.78, 5) is 11.7. The summed E-state index contributed by atoms with van der Waals surface area (Å²) >= 11 is 0. The maximum absolute atomic E-state index is 11.7. The molecular weight excluding hydrogens is 276 g/mol. The molecule has 0 radical (unpaired) electrons. The normalized spacial score (nSPS) is 25.9. The average Bonchev–Trinajstić information content (AvgIpc) is 2.44. The summed E-state index contributed by atoms with van der Waals surface area (Å²) in [6, 6.07) is 4.07. The van der Waals surface area contributed by atoms with Crippen LogP contribution in [0.2, 0.25) is 0 Å². The number of carbonyl (C=O) groups excluding carboxylic acids is 1. The second-order valence-electron chi connectivity index (χ2n) is 5.11. The fraction of sp³-hybridized carbons (Fsp3) is 0.400. The highest BCUT2D eigenvalue weighted by molar-refractivity contribution is 5.87. The van der Waals surface area contributed by atoms with E-state index in [1.165, 1.54) is 24.3 Å². The van der Waals surface area contributed by atoms with Gasteiger partial charge in [-0.15, -0.1) is 0 Å². The van der Waals surface area contributed by atoms with Gasteiger partial charge in [-0.05, 0) is 36.6 Å². The Labute approximate surface area is 121 Å². The van der Waals surface area contributed by atoms with Crippen molar-refractivity contribution >= 4 is 12.0 Å². The molecule has 1 aromatic rings. The first-order chi connectivity index (χ1) is 9.90. The van der Waals surface area contributed by atoms with Gasteiger partial charge in [0.25, 0.3) is 0 Å². The molecule has 1 saturated carbocycles. The molecule has 4 N–H and O–H groups in total. The lowest BCUT2D eigenvalue weighted by Gasteiger charge is -2.35. The number of rotatable bonds is 3. The quantitative estimate of drug-likeness (QED) is 0.289. The molecule has 0 spiro atoms. The number of aliphatic hydroxyl groups is 2. The summed E-state index contributed by atoms with van der Waals surface area (Å²) in [5.41, 5.74) is 0.485. The third-order valence-corrected chi connectivity index (χ3v) is 3.47. The van der Waals surface area contributed by atoms with Gasteiger partial charge in [-0.1, -0.05) is 12.5 Å². The van der Waals surface area contributed by atoms with E-state index in [1.54, 1.807) is 0 Å². The minimum atomic E-state index is -1.84. The number of hydrogen-bond acceptors (Lipinski definition) is 6. The number of phenolic OH excluding ortho intramolecular Hbond substituents is 2. The number of hydrogen-bond donors (Lipinski definition) is 4. The molecule has 1 aliphatic rings. The van der Waals surface area contributed by atoms with Crippen molar-refractivity contribution < 1.29 is 30.0 Å². The summed E-state index contributed by atoms with van der Waals surface area (Å²) in [5, 5.41) is 38.3. The second-order valence-corrected chi connectivity index (χ2v) is 5.11. The number of ether oxygens (including phenoxy) is 1. The minimum Gasteiger partial charge on any atom is -0.504 e. The Bertz CT molecular complexity index is 553. The van der Waals surface area contributed by atoms with Crippen LogP contribution in [0, 0.1) is 0 Å². The highest BCUT2D eigenvalue weighted by atomic mass is 16.7. The van der Waals surface area contributed by atoms with Gasteiger partial charge in [0.15, 0.2) is 11.5 Å². The van der Waals surface area contributed by atoms with E-state index in [1.807, 2.05) is 0 Å². The average molecular weight is 294 g/mol. The van der Waals surface area contributed by atoms with Gasteiger partial charge >= 0.3 is 5.97 Å². The molecule has 1 aromatic carbocycles. The molecule has 6 heteroatoms. The van der Waals surface area contributed by atoms with E-state index >= 15 is 0 Å². The molecule has 0 saturated heterocycles. The van der Waals surface area contributed by atoms with Crippen LogP contribution in [0.4, 0.5) is 0 Å². The molecule has 21 heavy (non-hydrogen) atoms. The van der Waals surface area contributed by atoms with Crippen molar-refractivity contribution in [2.75, 3.05) is 0 Å². The standard InChI is InChI=1S/C15H18O6/c16-11-6-4-10(9-12(11)17)5-7-14(19)21-15(20)8-2-1-3-13(15)18/h4-7,9,13,16-18,20H,1-3,8H2/b7-5+/t13-,15+/m1/s1. The van der Waals surface area contributed by atoms with Crippen LogP contribution in [-0.4, -0.2) is 38.3 Å². The lowest BCUT2D eigenvalue weighted by atomic mass is 9.91. The number of carbonyl (C=O) groups is 1. The van der Waals surface area contributed by atoms with Crippen LogP contribution in [0.3, 0.4) is 0 Å². The monoisotopic (exact) mass is 294 g/mol. The summed E-state index contributed by atoms with van der Waals surface area (Å²) < 4.78 is 4.93. The Morgan fingerprint density at radius 2 is 2.05 bits per heavy atom. The summed E-state index contributed by atoms with van der Waals surface area (Å²) in [7, 11) is 0. The Balaban J connectivity index is 2.00. The van der Waals surface area contributed by atoms with E-state index < -0.39 is 17.9 Å². The van der Waals surface area contributed by atoms with E-state index in [4.69, 9.17) is 4.74 Å². The number of phenols is 2. The van der Waals surface area contributed by atoms with Crippen LogP contribution in [0.5, 0.6) is 11.5 Å². The number of aromatic hydroxyl groups is 2. The van der Waals surface area contributed by atoms with Crippen molar-refractivity contribution in [2.24, 2.45) is 0 Å². The zero-order valence-corrected chi connectivity index (χ0v) is 11.4. The Morgan fingerprint density at radius 3 is 2.71 bits per heavy atom. The lowest BCUT2D eigenvalue weighted by Crippen LogP contribution is -2.48. The van der Waals surface area contributed by atoms with Crippen LogP contribution < -0.4 is 0 Å². The Hall–Kier alpha value is -2.05. The molecule has 114 valence electrons. The Kier molecular flexibility index (Phi) is 4.50. The van der Waals surface area contributed by atoms with Crippen molar-refractivity contribution in [3.05, 3.63) is 29.8 Å². The number of aliphatic hydroxyl groups excluding tert-OH is 1. The smallest absolute Gasteiger partial charge is 0.333 e. The number of esters is 1. The first kappa shape index (κ1) is 15.3. The van der Waals surface area contributed by atoms with Crippen molar-refractivity contribution in [3.63, 3.8) is 0 Å². The van der Waals surface area contributed by atoms with Crippen molar-refractivity contribution in [3.8, 4) is 11.5 Å². The van der Waals surface area contributed by atoms with Gasteiger partial charge in [0, 0.05) is 12.5 Å². The van der Waals surface area contributed by atoms with Gasteiger partial charge in [-0.3, -0.25) is 0 Å². The van der Waals surface area contributed by atoms with Gasteiger partial charge in [-0.25, -0.2) is 4.79 Å². The molecule has 0 bridgehead atoms. The van der Waals surface area contributed by atoms with E-state index in [0.29, 0.717) is 18.4 Å². The molecule has 6 nitrogen and oxygen atoms in total. The topological polar surface area (TPSA) is 107 Å². The van der Waals surface area contributed by atoms with E-state index in [-0.39, 0.29) is 17.9 Å². The predicted octanol–water partition coefficient (Wildman–Crippen LogP) is 1.28. The van der Waals surface area contributed by atoms with E-state index in [2.05, 4.69) is 0 Å². The van der Waals surface area contributed by atoms with Crippen molar-refractivity contribution in [1.29, 1.82) is 0 Å². The SMILES string of the molecule is O=C(/C=C/c1ccc(O)c(O)c1)O[C@@]1(O)CCCC[C@H]1O. The molecule has 0 aromatic heterocycles. The first-order valence-electron chi connectivity index (χ1n) is 6.74. The van der Waals surface area contributed by atoms with Gasteiger partial charge in [0.05, 0.1) is 0 Å². The van der Waals surface area contributed by atoms with Gasteiger partial charge in [0.1, 0.15) is 6.10 Å². The summed E-state index contributed by atoms with van der Waals surface area (Å²) in [6.07, 6.45) is 3.43. The van der Waals surface area contributed by atoms with Crippen LogP contribution in [0.1, 0.15) is 31.2 Å². The van der Waals surface area contributed by atoms with E-state index in [0.717, 1.165) is 12.5 Å². The highest BCUT2D eigenvalue weighted by Gasteiger charge is 2.41.